The number of phenols is 1. The summed E-state index contributed by atoms with van der Waals surface area (Å²) in [5.74, 6) is 1.05. The molecule has 0 saturated carbocycles. The van der Waals surface area contributed by atoms with E-state index in [9.17, 15) is 15.0 Å². The number of aliphatic hydroxyl groups is 1. The van der Waals surface area contributed by atoms with Crippen molar-refractivity contribution >= 4 is 5.91 Å². The van der Waals surface area contributed by atoms with Gasteiger partial charge < -0.3 is 24.6 Å². The molecule has 180 valence electrons. The molecule has 1 atom stereocenters. The molecule has 1 aromatic heterocycles. The highest BCUT2D eigenvalue weighted by atomic mass is 16.5. The number of carbonyl (C=O) groups is 1. The molecule has 2 heterocycles. The lowest BCUT2D eigenvalue weighted by Gasteiger charge is -2.26. The number of aliphatic hydroxyl groups excluding tert-OH is 1. The first-order valence-corrected chi connectivity index (χ1v) is 11.7. The first-order valence-electron chi connectivity index (χ1n) is 11.7. The number of aromatic nitrogens is 2. The third kappa shape index (κ3) is 4.46. The van der Waals surface area contributed by atoms with Crippen molar-refractivity contribution in [1.82, 2.24) is 15.1 Å². The van der Waals surface area contributed by atoms with Gasteiger partial charge in [-0.3, -0.25) is 9.89 Å². The number of rotatable bonds is 11. The highest BCUT2D eigenvalue weighted by Crippen LogP contribution is 2.45. The zero-order valence-electron chi connectivity index (χ0n) is 19.6. The molecule has 4 rings (SSSR count). The van der Waals surface area contributed by atoms with Crippen molar-refractivity contribution in [3.63, 3.8) is 0 Å². The maximum Gasteiger partial charge on any atom is 0.273 e. The van der Waals surface area contributed by atoms with Crippen molar-refractivity contribution in [2.24, 2.45) is 0 Å². The molecule has 1 amide bonds. The highest BCUT2D eigenvalue weighted by Gasteiger charge is 2.42. The number of nitrogens with one attached hydrogen (secondary N) is 1. The van der Waals surface area contributed by atoms with Gasteiger partial charge in [0.05, 0.1) is 26.4 Å². The fourth-order valence-electron chi connectivity index (χ4n) is 4.45. The number of aromatic amines is 1. The Balaban J connectivity index is 1.71. The van der Waals surface area contributed by atoms with Gasteiger partial charge in [0.25, 0.3) is 5.91 Å². The Labute approximate surface area is 199 Å². The van der Waals surface area contributed by atoms with Crippen LogP contribution >= 0.6 is 0 Å². The Morgan fingerprint density at radius 2 is 1.94 bits per heavy atom. The lowest BCUT2D eigenvalue weighted by molar-refractivity contribution is 0.0706. The lowest BCUT2D eigenvalue weighted by atomic mass is 9.95. The molecular formula is C26H31N3O5. The van der Waals surface area contributed by atoms with Crippen molar-refractivity contribution in [2.45, 2.75) is 38.6 Å². The average molecular weight is 466 g/mol. The number of nitrogens with zero attached hydrogens (tertiary/aromatic N) is 2. The molecule has 3 N–H and O–H groups in total. The van der Waals surface area contributed by atoms with Crippen LogP contribution in [0.2, 0.25) is 0 Å². The van der Waals surface area contributed by atoms with Crippen LogP contribution in [0.25, 0.3) is 11.3 Å². The van der Waals surface area contributed by atoms with Crippen molar-refractivity contribution in [2.75, 3.05) is 26.9 Å². The number of hydrogen-bond donors (Lipinski definition) is 3. The van der Waals surface area contributed by atoms with Gasteiger partial charge in [-0.2, -0.15) is 5.10 Å². The predicted molar refractivity (Wildman–Crippen MR) is 128 cm³/mol. The van der Waals surface area contributed by atoms with Crippen molar-refractivity contribution in [3.8, 4) is 28.5 Å². The van der Waals surface area contributed by atoms with Crippen molar-refractivity contribution < 1.29 is 24.5 Å². The molecule has 0 bridgehead atoms. The zero-order valence-corrected chi connectivity index (χ0v) is 19.6. The fourth-order valence-corrected chi connectivity index (χ4v) is 4.45. The highest BCUT2D eigenvalue weighted by molar-refractivity contribution is 6.00. The molecule has 2 aromatic carbocycles. The maximum absolute atomic E-state index is 13.2. The van der Waals surface area contributed by atoms with E-state index >= 15 is 0 Å². The van der Waals surface area contributed by atoms with Gasteiger partial charge in [0, 0.05) is 17.7 Å². The van der Waals surface area contributed by atoms with Crippen LogP contribution in [0.3, 0.4) is 0 Å². The van der Waals surface area contributed by atoms with Crippen molar-refractivity contribution in [3.05, 3.63) is 59.3 Å². The topological polar surface area (TPSA) is 108 Å². The molecule has 0 radical (unpaired) electrons. The maximum atomic E-state index is 13.2. The number of carbonyl (C=O) groups excluding carboxylic acids is 1. The molecule has 1 aliphatic heterocycles. The fraction of sp³-hybridized carbons (Fsp3) is 0.385. The van der Waals surface area contributed by atoms with E-state index in [1.165, 1.54) is 12.8 Å². The summed E-state index contributed by atoms with van der Waals surface area (Å²) in [5, 5.41) is 27.3. The van der Waals surface area contributed by atoms with E-state index in [2.05, 4.69) is 17.1 Å². The van der Waals surface area contributed by atoms with E-state index in [1.807, 2.05) is 24.3 Å². The van der Waals surface area contributed by atoms with Crippen LogP contribution in [0.4, 0.5) is 0 Å². The molecule has 8 nitrogen and oxygen atoms in total. The summed E-state index contributed by atoms with van der Waals surface area (Å²) in [7, 11) is 1.59. The monoisotopic (exact) mass is 465 g/mol. The minimum Gasteiger partial charge on any atom is -0.507 e. The molecule has 34 heavy (non-hydrogen) atoms. The third-order valence-electron chi connectivity index (χ3n) is 6.12. The molecule has 0 aliphatic carbocycles. The van der Waals surface area contributed by atoms with Crippen LogP contribution in [0.15, 0.2) is 42.5 Å². The molecular weight excluding hydrogens is 434 g/mol. The summed E-state index contributed by atoms with van der Waals surface area (Å²) < 4.78 is 11.6. The van der Waals surface area contributed by atoms with Crippen LogP contribution in [0.5, 0.6) is 17.2 Å². The number of aromatic hydroxyl groups is 1. The second-order valence-electron chi connectivity index (χ2n) is 8.32. The van der Waals surface area contributed by atoms with Gasteiger partial charge in [0.2, 0.25) is 0 Å². The molecule has 3 aromatic rings. The summed E-state index contributed by atoms with van der Waals surface area (Å²) in [5.41, 5.74) is 2.85. The molecule has 0 saturated heterocycles. The quantitative estimate of drug-likeness (QED) is 0.365. The summed E-state index contributed by atoms with van der Waals surface area (Å²) in [4.78, 5) is 14.8. The van der Waals surface area contributed by atoms with E-state index in [-0.39, 0.29) is 24.8 Å². The Kier molecular flexibility index (Phi) is 7.37. The largest absolute Gasteiger partial charge is 0.507 e. The Morgan fingerprint density at radius 3 is 2.68 bits per heavy atom. The zero-order chi connectivity index (χ0) is 24.1. The summed E-state index contributed by atoms with van der Waals surface area (Å²) >= 11 is 0. The molecule has 0 fully saturated rings. The first kappa shape index (κ1) is 23.6. The molecule has 8 heteroatoms. The van der Waals surface area contributed by atoms with Crippen LogP contribution < -0.4 is 9.47 Å². The normalized spacial score (nSPS) is 15.0. The standard InChI is InChI=1S/C26H31N3O5/c1-3-4-5-8-15-34-20-12-11-17(16-21(20)33-2)25-22-23(18-9-6-7-10-19(18)31)27-28-24(22)26(32)29(25)13-14-30/h6-7,9-12,16,25,30-31H,3-5,8,13-15H2,1-2H3,(H,27,28). The second kappa shape index (κ2) is 10.6. The van der Waals surface area contributed by atoms with Gasteiger partial charge in [-0.1, -0.05) is 44.4 Å². The van der Waals surface area contributed by atoms with Crippen LogP contribution in [-0.2, 0) is 0 Å². The number of amides is 1. The molecule has 1 aliphatic rings. The second-order valence-corrected chi connectivity index (χ2v) is 8.32. The molecule has 0 spiro atoms. The van der Waals surface area contributed by atoms with Gasteiger partial charge in [-0.15, -0.1) is 0 Å². The van der Waals surface area contributed by atoms with Crippen molar-refractivity contribution in [1.29, 1.82) is 0 Å². The van der Waals surface area contributed by atoms with Gasteiger partial charge in [0.15, 0.2) is 11.5 Å². The van der Waals surface area contributed by atoms with E-state index in [1.54, 1.807) is 30.2 Å². The Hall–Kier alpha value is -3.52. The number of para-hydroxylation sites is 1. The number of hydrogen-bond acceptors (Lipinski definition) is 6. The lowest BCUT2D eigenvalue weighted by Crippen LogP contribution is -2.32. The number of methoxy groups -OCH3 is 1. The molecule has 1 unspecified atom stereocenters. The van der Waals surface area contributed by atoms with Crippen LogP contribution in [0.1, 0.15) is 60.3 Å². The SMILES string of the molecule is CCCCCCOc1ccc(C2c3c(-c4ccccc4O)n[nH]c3C(=O)N2CCO)cc1OC. The number of benzene rings is 2. The van der Waals surface area contributed by atoms with E-state index in [4.69, 9.17) is 9.47 Å². The van der Waals surface area contributed by atoms with Gasteiger partial charge >= 0.3 is 0 Å². The minimum atomic E-state index is -0.504. The van der Waals surface area contributed by atoms with E-state index in [0.717, 1.165) is 18.4 Å². The Morgan fingerprint density at radius 1 is 1.12 bits per heavy atom. The van der Waals surface area contributed by atoms with Crippen LogP contribution in [-0.4, -0.2) is 58.1 Å². The number of unbranched alkanes of at least 4 members (excludes halogenated alkanes) is 3. The van der Waals surface area contributed by atoms with E-state index in [0.29, 0.717) is 40.6 Å². The summed E-state index contributed by atoms with van der Waals surface area (Å²) in [6.07, 6.45) is 4.45. The summed E-state index contributed by atoms with van der Waals surface area (Å²) in [6, 6.07) is 12.0. The average Bonchev–Trinajstić information content (AvgIpc) is 3.39. The van der Waals surface area contributed by atoms with Crippen LogP contribution in [0, 0.1) is 0 Å². The number of H-pyrrole nitrogens is 1. The van der Waals surface area contributed by atoms with Gasteiger partial charge in [-0.25, -0.2) is 0 Å². The Bertz CT molecular complexity index is 1140. The summed E-state index contributed by atoms with van der Waals surface area (Å²) in [6.45, 7) is 2.76. The van der Waals surface area contributed by atoms with E-state index < -0.39 is 6.04 Å². The predicted octanol–water partition coefficient (Wildman–Crippen LogP) is 4.29. The smallest absolute Gasteiger partial charge is 0.273 e. The number of β-amino-alcohol motifs (C(OH)–C–C–N with tert-alkyl or cyclic N) is 1. The van der Waals surface area contributed by atoms with Gasteiger partial charge in [-0.05, 0) is 36.2 Å². The number of phenolic OH excluding ortho intramolecular Hbond substituents is 1. The third-order valence-corrected chi connectivity index (χ3v) is 6.12. The van der Waals surface area contributed by atoms with Gasteiger partial charge in [0.1, 0.15) is 17.1 Å². The number of ether oxygens (including phenoxy) is 2. The first-order chi connectivity index (χ1) is 16.6. The minimum absolute atomic E-state index is 0.0769. The number of fused-ring (bicyclic) bond motifs is 1.